The van der Waals surface area contributed by atoms with Gasteiger partial charge in [0.05, 0.1) is 46.1 Å². The summed E-state index contributed by atoms with van der Waals surface area (Å²) in [6, 6.07) is 10.6. The molecule has 0 spiro atoms. The average Bonchev–Trinajstić information content (AvgIpc) is 3.68. The van der Waals surface area contributed by atoms with Gasteiger partial charge in [0.15, 0.2) is 5.89 Å². The number of amides is 2. The van der Waals surface area contributed by atoms with Crippen molar-refractivity contribution < 1.29 is 33.3 Å². The lowest BCUT2D eigenvalue weighted by atomic mass is 9.51. The number of carbonyl (C=O) groups excluding carboxylic acids is 2. The molecule has 53 heavy (non-hydrogen) atoms. The van der Waals surface area contributed by atoms with Crippen molar-refractivity contribution >= 4 is 17.8 Å². The second kappa shape index (κ2) is 15.8. The van der Waals surface area contributed by atoms with Crippen molar-refractivity contribution in [3.63, 3.8) is 0 Å². The Hall–Kier alpha value is -3.96. The molecule has 0 atom stereocenters. The van der Waals surface area contributed by atoms with Crippen molar-refractivity contribution in [3.05, 3.63) is 59.8 Å². The first-order valence-corrected chi connectivity index (χ1v) is 19.6. The largest absolute Gasteiger partial charge is 0.496 e. The molecule has 2 aromatic heterocycles. The number of anilines is 1. The van der Waals surface area contributed by atoms with Crippen molar-refractivity contribution in [2.45, 2.75) is 102 Å². The standard InChI is InChI=1S/C42H56N4O7/c1-28(2)38-44-35(26-52-38)32-11-18-43-37(22-32)46(27-41-12-15-42(16-13-41,17-14-41)33-9-10-36(50-4)29(3)21-33)39(48)31-7-5-30(6-8-31)25-53-40(49)45-23-34(24-45)51-20-19-47/h9-11,18,21-22,26,28,30-31,34,47H,5-8,12-17,19-20,23-25,27H2,1-4H3. The number of aliphatic hydroxyl groups excluding tert-OH is 1. The van der Waals surface area contributed by atoms with Gasteiger partial charge in [0.25, 0.3) is 0 Å². The SMILES string of the molecule is COc1ccc(C23CCC(CN(C(=O)C4CCC(COC(=O)N5CC(OCCO)C5)CC4)c4cc(-c5coc(C(C)C)n5)ccn4)(CC2)CC3)cc1C. The Balaban J connectivity index is 1.03. The normalized spacial score (nSPS) is 25.7. The van der Waals surface area contributed by atoms with Crippen LogP contribution in [0.1, 0.15) is 101 Å². The number of methoxy groups -OCH3 is 1. The number of aliphatic hydroxyl groups is 1. The molecule has 2 bridgehead atoms. The van der Waals surface area contributed by atoms with Crippen molar-refractivity contribution in [3.8, 4) is 17.0 Å². The zero-order valence-corrected chi connectivity index (χ0v) is 31.9. The van der Waals surface area contributed by atoms with Crippen LogP contribution in [0.15, 0.2) is 47.2 Å². The molecule has 8 rings (SSSR count). The maximum Gasteiger partial charge on any atom is 0.409 e. The number of nitrogens with zero attached hydrogens (tertiary/aromatic N) is 4. The van der Waals surface area contributed by atoms with Gasteiger partial charge in [-0.3, -0.25) is 9.69 Å². The van der Waals surface area contributed by atoms with Gasteiger partial charge in [0.2, 0.25) is 5.91 Å². The Morgan fingerprint density at radius 1 is 1.04 bits per heavy atom. The van der Waals surface area contributed by atoms with Gasteiger partial charge in [-0.1, -0.05) is 26.0 Å². The fourth-order valence-electron chi connectivity index (χ4n) is 9.15. The molecule has 3 heterocycles. The van der Waals surface area contributed by atoms with Crippen LogP contribution in [0.5, 0.6) is 5.75 Å². The van der Waals surface area contributed by atoms with Crippen LogP contribution in [0.2, 0.25) is 0 Å². The van der Waals surface area contributed by atoms with E-state index in [-0.39, 0.29) is 59.9 Å². The fraction of sp³-hybridized carbons (Fsp3) is 0.619. The summed E-state index contributed by atoms with van der Waals surface area (Å²) in [6.45, 7) is 8.50. The monoisotopic (exact) mass is 728 g/mol. The summed E-state index contributed by atoms with van der Waals surface area (Å²) < 4.78 is 22.5. The van der Waals surface area contributed by atoms with Crippen LogP contribution < -0.4 is 9.64 Å². The van der Waals surface area contributed by atoms with Gasteiger partial charge < -0.3 is 28.6 Å². The number of aromatic nitrogens is 2. The first-order valence-electron chi connectivity index (χ1n) is 19.6. The Morgan fingerprint density at radius 3 is 2.42 bits per heavy atom. The number of carbonyl (C=O) groups is 2. The van der Waals surface area contributed by atoms with E-state index in [0.29, 0.717) is 37.9 Å². The average molecular weight is 729 g/mol. The van der Waals surface area contributed by atoms with Crippen LogP contribution in [0, 0.1) is 24.2 Å². The van der Waals surface area contributed by atoms with E-state index < -0.39 is 0 Å². The van der Waals surface area contributed by atoms with Crippen molar-refractivity contribution in [1.29, 1.82) is 0 Å². The minimum absolute atomic E-state index is 0.0264. The van der Waals surface area contributed by atoms with E-state index in [9.17, 15) is 9.59 Å². The molecule has 286 valence electrons. The molecule has 1 N–H and O–H groups in total. The van der Waals surface area contributed by atoms with Crippen LogP contribution >= 0.6 is 0 Å². The molecule has 1 saturated heterocycles. The Labute approximate surface area is 313 Å². The smallest absolute Gasteiger partial charge is 0.409 e. The molecule has 2 amide bonds. The summed E-state index contributed by atoms with van der Waals surface area (Å²) in [5.74, 6) is 2.73. The van der Waals surface area contributed by atoms with Crippen LogP contribution in [-0.2, 0) is 19.7 Å². The topological polar surface area (TPSA) is 127 Å². The summed E-state index contributed by atoms with van der Waals surface area (Å²) >= 11 is 0. The van der Waals surface area contributed by atoms with Gasteiger partial charge >= 0.3 is 6.09 Å². The second-order valence-electron chi connectivity index (χ2n) is 16.4. The van der Waals surface area contributed by atoms with Gasteiger partial charge in [-0.15, -0.1) is 0 Å². The van der Waals surface area contributed by atoms with E-state index in [0.717, 1.165) is 81.2 Å². The Bertz CT molecular complexity index is 1720. The predicted molar refractivity (Wildman–Crippen MR) is 201 cm³/mol. The number of fused-ring (bicyclic) bond motifs is 3. The highest BCUT2D eigenvalue weighted by Crippen LogP contribution is 2.58. The van der Waals surface area contributed by atoms with Crippen LogP contribution in [0.3, 0.4) is 0 Å². The minimum atomic E-state index is -0.317. The molecule has 0 unspecified atom stereocenters. The fourth-order valence-corrected chi connectivity index (χ4v) is 9.15. The molecule has 1 aromatic carbocycles. The van der Waals surface area contributed by atoms with E-state index >= 15 is 0 Å². The predicted octanol–water partition coefficient (Wildman–Crippen LogP) is 7.44. The second-order valence-corrected chi connectivity index (χ2v) is 16.4. The van der Waals surface area contributed by atoms with Crippen molar-refractivity contribution in [2.24, 2.45) is 17.3 Å². The summed E-state index contributed by atoms with van der Waals surface area (Å²) in [5, 5.41) is 8.95. The van der Waals surface area contributed by atoms with Gasteiger partial charge in [-0.25, -0.2) is 14.8 Å². The summed E-state index contributed by atoms with van der Waals surface area (Å²) in [6.07, 6.45) is 12.9. The summed E-state index contributed by atoms with van der Waals surface area (Å²) in [5.41, 5.74) is 4.46. The Kier molecular flexibility index (Phi) is 11.1. The number of benzene rings is 1. The number of ether oxygens (including phenoxy) is 3. The number of oxazole rings is 1. The van der Waals surface area contributed by atoms with Gasteiger partial charge in [-0.05, 0) is 117 Å². The molecule has 4 saturated carbocycles. The minimum Gasteiger partial charge on any atom is -0.496 e. The highest BCUT2D eigenvalue weighted by molar-refractivity contribution is 5.94. The van der Waals surface area contributed by atoms with Crippen molar-refractivity contribution in [2.75, 3.05) is 51.5 Å². The molecular formula is C42H56N4O7. The highest BCUT2D eigenvalue weighted by Gasteiger charge is 2.51. The van der Waals surface area contributed by atoms with E-state index in [1.807, 2.05) is 17.0 Å². The number of pyridine rings is 1. The molecule has 11 nitrogen and oxygen atoms in total. The van der Waals surface area contributed by atoms with E-state index in [4.69, 9.17) is 33.7 Å². The maximum absolute atomic E-state index is 14.7. The third kappa shape index (κ3) is 7.97. The van der Waals surface area contributed by atoms with E-state index in [1.165, 1.54) is 11.1 Å². The van der Waals surface area contributed by atoms with Crippen molar-refractivity contribution in [1.82, 2.24) is 14.9 Å². The molecular weight excluding hydrogens is 672 g/mol. The Morgan fingerprint density at radius 2 is 1.77 bits per heavy atom. The first kappa shape index (κ1) is 37.4. The number of aryl methyl sites for hydroxylation is 1. The van der Waals surface area contributed by atoms with E-state index in [1.54, 1.807) is 24.5 Å². The molecule has 11 heteroatoms. The molecule has 4 aliphatic carbocycles. The first-order chi connectivity index (χ1) is 25.6. The maximum atomic E-state index is 14.7. The third-order valence-electron chi connectivity index (χ3n) is 12.7. The van der Waals surface area contributed by atoms with Crippen LogP contribution in [-0.4, -0.2) is 84.6 Å². The quantitative estimate of drug-likeness (QED) is 0.191. The van der Waals surface area contributed by atoms with Gasteiger partial charge in [-0.2, -0.15) is 0 Å². The molecule has 0 radical (unpaired) electrons. The third-order valence-corrected chi connectivity index (χ3v) is 12.7. The lowest BCUT2D eigenvalue weighted by Gasteiger charge is -2.55. The molecule has 1 aliphatic heterocycles. The lowest BCUT2D eigenvalue weighted by Crippen LogP contribution is -2.55. The number of hydrogen-bond acceptors (Lipinski definition) is 9. The van der Waals surface area contributed by atoms with Gasteiger partial charge in [0, 0.05) is 30.1 Å². The highest BCUT2D eigenvalue weighted by atomic mass is 16.6. The number of likely N-dealkylation sites (tertiary alicyclic amines) is 1. The number of hydrogen-bond donors (Lipinski definition) is 1. The van der Waals surface area contributed by atoms with Gasteiger partial charge in [0.1, 0.15) is 23.5 Å². The van der Waals surface area contributed by atoms with E-state index in [2.05, 4.69) is 39.0 Å². The number of rotatable bonds is 13. The summed E-state index contributed by atoms with van der Waals surface area (Å²) in [4.78, 5) is 40.5. The zero-order valence-electron chi connectivity index (χ0n) is 31.9. The van der Waals surface area contributed by atoms with Crippen LogP contribution in [0.4, 0.5) is 10.6 Å². The van der Waals surface area contributed by atoms with Crippen LogP contribution in [0.25, 0.3) is 11.3 Å². The summed E-state index contributed by atoms with van der Waals surface area (Å²) in [7, 11) is 1.73. The molecule has 5 aliphatic rings. The zero-order chi connectivity index (χ0) is 37.2. The lowest BCUT2D eigenvalue weighted by molar-refractivity contribution is -0.124. The molecule has 5 fully saturated rings. The molecule has 3 aromatic rings.